The topological polar surface area (TPSA) is 6.48 Å². The normalized spacial score (nSPS) is 15.8. The van der Waals surface area contributed by atoms with Crippen molar-refractivity contribution in [2.24, 2.45) is 0 Å². The smallest absolute Gasteiger partial charge is 0.264 e. The molecule has 5 heteroatoms. The van der Waals surface area contributed by atoms with Crippen molar-refractivity contribution in [3.8, 4) is 22.3 Å². The van der Waals surface area contributed by atoms with Crippen LogP contribution in [0.2, 0.25) is 0 Å². The summed E-state index contributed by atoms with van der Waals surface area (Å²) in [7, 11) is 0. The van der Waals surface area contributed by atoms with Crippen molar-refractivity contribution in [3.05, 3.63) is 186 Å². The minimum Gasteiger partial charge on any atom is -0.311 e. The lowest BCUT2D eigenvalue weighted by Crippen LogP contribution is -2.60. The molecule has 0 bridgehead atoms. The maximum atomic E-state index is 2.64. The SMILES string of the molecule is CC(C)(C)c1ccc2sc3c(c2c1)N(c1ccc2sc4ccccc4c2c1)c1cccc2c1B3c1cc3c(cc1N2c1ccc2c(c1)-c1ccccc1C2(C)C)-c1ccccc1C3(C)C. The van der Waals surface area contributed by atoms with Crippen LogP contribution in [0.25, 0.3) is 52.5 Å². The first-order chi connectivity index (χ1) is 31.4. The van der Waals surface area contributed by atoms with Crippen molar-refractivity contribution < 1.29 is 0 Å². The first kappa shape index (κ1) is 37.9. The predicted octanol–water partition coefficient (Wildman–Crippen LogP) is 15.3. The van der Waals surface area contributed by atoms with Gasteiger partial charge in [-0.15, -0.1) is 22.7 Å². The molecule has 2 aromatic heterocycles. The molecule has 65 heavy (non-hydrogen) atoms. The average molecular weight is 871 g/mol. The molecule has 0 amide bonds. The van der Waals surface area contributed by atoms with Gasteiger partial charge in [0.25, 0.3) is 6.71 Å². The fourth-order valence-electron chi connectivity index (χ4n) is 12.3. The lowest BCUT2D eigenvalue weighted by atomic mass is 9.36. The third-order valence-corrected chi connectivity index (χ3v) is 18.0. The van der Waals surface area contributed by atoms with Gasteiger partial charge in [0.15, 0.2) is 0 Å². The molecular weight excluding hydrogens is 824 g/mol. The predicted molar refractivity (Wildman–Crippen MR) is 283 cm³/mol. The Kier molecular flexibility index (Phi) is 7.40. The van der Waals surface area contributed by atoms with Gasteiger partial charge in [0.1, 0.15) is 0 Å². The van der Waals surface area contributed by atoms with E-state index in [0.717, 1.165) is 0 Å². The van der Waals surface area contributed by atoms with Crippen LogP contribution >= 0.6 is 22.7 Å². The van der Waals surface area contributed by atoms with E-state index in [4.69, 9.17) is 0 Å². The van der Waals surface area contributed by atoms with E-state index >= 15 is 0 Å². The molecule has 0 spiro atoms. The van der Waals surface area contributed by atoms with Crippen LogP contribution in [0.1, 0.15) is 76.3 Å². The van der Waals surface area contributed by atoms with Crippen molar-refractivity contribution in [1.29, 1.82) is 0 Å². The third kappa shape index (κ3) is 4.95. The molecule has 8 aromatic carbocycles. The highest BCUT2D eigenvalue weighted by atomic mass is 32.1. The van der Waals surface area contributed by atoms with E-state index in [2.05, 4.69) is 216 Å². The summed E-state index contributed by atoms with van der Waals surface area (Å²) in [5, 5.41) is 3.97. The number of hydrogen-bond acceptors (Lipinski definition) is 4. The Morgan fingerprint density at radius 3 is 1.82 bits per heavy atom. The molecule has 10 aromatic rings. The van der Waals surface area contributed by atoms with E-state index in [1.807, 2.05) is 22.7 Å². The molecule has 4 aliphatic rings. The lowest BCUT2D eigenvalue weighted by molar-refractivity contribution is 0.591. The van der Waals surface area contributed by atoms with Gasteiger partial charge in [0.2, 0.25) is 0 Å². The zero-order valence-corrected chi connectivity index (χ0v) is 39.4. The summed E-state index contributed by atoms with van der Waals surface area (Å²) in [6, 6.07) is 61.1. The first-order valence-electron chi connectivity index (χ1n) is 23.1. The van der Waals surface area contributed by atoms with Gasteiger partial charge in [0.05, 0.1) is 5.69 Å². The Morgan fingerprint density at radius 1 is 0.446 bits per heavy atom. The second-order valence-electron chi connectivity index (χ2n) is 20.9. The summed E-state index contributed by atoms with van der Waals surface area (Å²) in [5.74, 6) is 0. The molecule has 0 radical (unpaired) electrons. The van der Waals surface area contributed by atoms with Crippen LogP contribution in [0.5, 0.6) is 0 Å². The summed E-state index contributed by atoms with van der Waals surface area (Å²) in [5.41, 5.74) is 22.4. The highest BCUT2D eigenvalue weighted by molar-refractivity contribution is 7.33. The number of nitrogens with zero attached hydrogens (tertiary/aromatic N) is 2. The molecule has 2 nitrogen and oxygen atoms in total. The van der Waals surface area contributed by atoms with Crippen LogP contribution in [0, 0.1) is 0 Å². The average Bonchev–Trinajstić information content (AvgIpc) is 4.00. The molecule has 0 atom stereocenters. The Balaban J connectivity index is 1.09. The molecule has 0 saturated carbocycles. The largest absolute Gasteiger partial charge is 0.311 e. The van der Waals surface area contributed by atoms with Crippen molar-refractivity contribution in [3.63, 3.8) is 0 Å². The van der Waals surface area contributed by atoms with Gasteiger partial charge in [-0.3, -0.25) is 0 Å². The van der Waals surface area contributed by atoms with Crippen LogP contribution in [0.15, 0.2) is 158 Å². The maximum absolute atomic E-state index is 2.64. The first-order valence-corrected chi connectivity index (χ1v) is 24.8. The van der Waals surface area contributed by atoms with E-state index < -0.39 is 0 Å². The van der Waals surface area contributed by atoms with Gasteiger partial charge < -0.3 is 9.80 Å². The summed E-state index contributed by atoms with van der Waals surface area (Å²) < 4.78 is 5.41. The molecule has 2 aliphatic carbocycles. The maximum Gasteiger partial charge on any atom is 0.264 e. The Hall–Kier alpha value is -6.40. The van der Waals surface area contributed by atoms with Crippen molar-refractivity contribution in [2.45, 2.75) is 64.7 Å². The summed E-state index contributed by atoms with van der Waals surface area (Å²) >= 11 is 3.88. The molecule has 0 N–H and O–H groups in total. The van der Waals surface area contributed by atoms with Gasteiger partial charge in [-0.05, 0) is 133 Å². The van der Waals surface area contributed by atoms with E-state index in [-0.39, 0.29) is 23.0 Å². The number of rotatable bonds is 2. The molecular formula is C60H47BN2S2. The van der Waals surface area contributed by atoms with Gasteiger partial charge in [-0.25, -0.2) is 0 Å². The van der Waals surface area contributed by atoms with Crippen LogP contribution < -0.4 is 25.5 Å². The molecule has 0 saturated heterocycles. The third-order valence-electron chi connectivity index (χ3n) is 15.6. The summed E-state index contributed by atoms with van der Waals surface area (Å²) in [4.78, 5) is 5.26. The molecule has 0 unspecified atom stereocenters. The fourth-order valence-corrected chi connectivity index (χ4v) is 14.7. The molecule has 14 rings (SSSR count). The van der Waals surface area contributed by atoms with Crippen LogP contribution in [0.4, 0.5) is 34.1 Å². The van der Waals surface area contributed by atoms with Crippen LogP contribution in [0.3, 0.4) is 0 Å². The van der Waals surface area contributed by atoms with Gasteiger partial charge in [-0.1, -0.05) is 139 Å². The van der Waals surface area contributed by atoms with Crippen LogP contribution in [-0.2, 0) is 16.2 Å². The van der Waals surface area contributed by atoms with Gasteiger partial charge in [0, 0.05) is 74.3 Å². The lowest BCUT2D eigenvalue weighted by Gasteiger charge is -2.43. The second kappa shape index (κ2) is 12.7. The standard InChI is InChI=1S/C60H47BN2S2/c1-58(2,3)34-23-27-54-43(29-34)56-57(65-54)61-48-33-47-41(38-16-9-12-19-45(38)60(47,6)7)32-51(48)62(35-24-26-46-40(30-35)37-15-8-11-18-44(37)59(46,4)5)49-20-14-21-50(55(49)61)63(56)36-25-28-53-42(31-36)39-17-10-13-22-52(39)64-53/h8-33H,1-7H3. The zero-order valence-electron chi connectivity index (χ0n) is 37.8. The van der Waals surface area contributed by atoms with Gasteiger partial charge in [-0.2, -0.15) is 0 Å². The highest BCUT2D eigenvalue weighted by Crippen LogP contribution is 2.55. The van der Waals surface area contributed by atoms with Crippen molar-refractivity contribution in [2.75, 3.05) is 9.80 Å². The monoisotopic (exact) mass is 870 g/mol. The second-order valence-corrected chi connectivity index (χ2v) is 23.1. The Morgan fingerprint density at radius 2 is 1.05 bits per heavy atom. The van der Waals surface area contributed by atoms with E-state index in [1.54, 1.807) is 0 Å². The number of fused-ring (bicyclic) bond motifs is 15. The van der Waals surface area contributed by atoms with Crippen molar-refractivity contribution >= 4 is 109 Å². The minimum atomic E-state index is -0.140. The minimum absolute atomic E-state index is 0.00670. The Bertz CT molecular complexity index is 3750. The number of benzene rings is 8. The number of anilines is 6. The number of hydrogen-bond donors (Lipinski definition) is 0. The Labute approximate surface area is 389 Å². The summed E-state index contributed by atoms with van der Waals surface area (Å²) in [6.07, 6.45) is 0. The zero-order chi connectivity index (χ0) is 43.9. The van der Waals surface area contributed by atoms with E-state index in [1.165, 1.54) is 130 Å². The molecule has 2 aliphatic heterocycles. The quantitative estimate of drug-likeness (QED) is 0.160. The van der Waals surface area contributed by atoms with Crippen LogP contribution in [-0.4, -0.2) is 6.71 Å². The summed E-state index contributed by atoms with van der Waals surface area (Å²) in [6.45, 7) is 16.7. The molecule has 0 fully saturated rings. The molecule has 312 valence electrons. The highest BCUT2D eigenvalue weighted by Gasteiger charge is 2.48. The fraction of sp³-hybridized carbons (Fsp3) is 0.167. The number of thiophene rings is 2. The van der Waals surface area contributed by atoms with E-state index in [9.17, 15) is 0 Å². The van der Waals surface area contributed by atoms with E-state index in [0.29, 0.717) is 0 Å². The molecule has 4 heterocycles. The van der Waals surface area contributed by atoms with Crippen molar-refractivity contribution in [1.82, 2.24) is 0 Å². The van der Waals surface area contributed by atoms with Gasteiger partial charge >= 0.3 is 0 Å².